The first-order chi connectivity index (χ1) is 10.5. The van der Waals surface area contributed by atoms with Crippen LogP contribution < -0.4 is 0 Å². The van der Waals surface area contributed by atoms with E-state index in [0.29, 0.717) is 0 Å². The largest absolute Gasteiger partial charge is 0.388 e. The normalized spacial score (nSPS) is 49.2. The fourth-order valence-corrected chi connectivity index (χ4v) is 3.00. The van der Waals surface area contributed by atoms with E-state index in [-0.39, 0.29) is 12.0 Å². The number of aliphatic hydroxyl groups excluding tert-OH is 5. The lowest BCUT2D eigenvalue weighted by Crippen LogP contribution is -2.63. The average molecular weight is 336 g/mol. The molecule has 0 aromatic carbocycles. The molecule has 8 nitrogen and oxygen atoms in total. The van der Waals surface area contributed by atoms with Crippen LogP contribution in [-0.4, -0.2) is 87.3 Å². The monoisotopic (exact) mass is 336 g/mol. The van der Waals surface area contributed by atoms with E-state index in [1.54, 1.807) is 6.92 Å². The lowest BCUT2D eigenvalue weighted by atomic mass is 9.80. The third-order valence-corrected chi connectivity index (χ3v) is 4.42. The molecule has 0 saturated carbocycles. The lowest BCUT2D eigenvalue weighted by molar-refractivity contribution is -0.325. The summed E-state index contributed by atoms with van der Waals surface area (Å²) < 4.78 is 16.5. The Morgan fingerprint density at radius 2 is 1.52 bits per heavy atom. The molecule has 2 heterocycles. The van der Waals surface area contributed by atoms with Crippen LogP contribution in [0, 0.1) is 5.41 Å². The van der Waals surface area contributed by atoms with Crippen LogP contribution in [0.5, 0.6) is 0 Å². The molecule has 8 heteroatoms. The maximum absolute atomic E-state index is 10.4. The molecule has 2 aliphatic rings. The Bertz CT molecular complexity index is 397. The van der Waals surface area contributed by atoms with Gasteiger partial charge in [0, 0.05) is 0 Å². The maximum Gasteiger partial charge on any atom is 0.186 e. The van der Waals surface area contributed by atoms with Gasteiger partial charge in [-0.05, 0) is 12.3 Å². The van der Waals surface area contributed by atoms with Crippen LogP contribution in [-0.2, 0) is 14.2 Å². The van der Waals surface area contributed by atoms with Gasteiger partial charge in [0.2, 0.25) is 0 Å². The maximum atomic E-state index is 10.4. The second-order valence-electron chi connectivity index (χ2n) is 7.46. The van der Waals surface area contributed by atoms with Crippen molar-refractivity contribution in [3.63, 3.8) is 0 Å². The first-order valence-corrected chi connectivity index (χ1v) is 7.87. The molecule has 23 heavy (non-hydrogen) atoms. The van der Waals surface area contributed by atoms with Crippen molar-refractivity contribution in [2.24, 2.45) is 5.41 Å². The van der Waals surface area contributed by atoms with Crippen molar-refractivity contribution in [2.45, 2.75) is 82.8 Å². The van der Waals surface area contributed by atoms with Gasteiger partial charge >= 0.3 is 0 Å². The van der Waals surface area contributed by atoms with Crippen LogP contribution in [0.3, 0.4) is 0 Å². The number of ether oxygens (including phenoxy) is 3. The molecular formula is C15H28O8. The van der Waals surface area contributed by atoms with Crippen molar-refractivity contribution in [3.05, 3.63) is 0 Å². The van der Waals surface area contributed by atoms with E-state index in [4.69, 9.17) is 14.2 Å². The minimum atomic E-state index is -1.46. The molecule has 5 N–H and O–H groups in total. The van der Waals surface area contributed by atoms with Gasteiger partial charge in [0.25, 0.3) is 0 Å². The topological polar surface area (TPSA) is 129 Å². The minimum Gasteiger partial charge on any atom is -0.388 e. The summed E-state index contributed by atoms with van der Waals surface area (Å²) in [5.41, 5.74) is -0.374. The molecule has 136 valence electrons. The first kappa shape index (κ1) is 19.0. The molecule has 2 rings (SSSR count). The SMILES string of the molecule is CC1O[C@@H](C(C)(C)C)C(O)C(O)C1O[C@@H]1OC[C@@H](O)C(O)C1O. The Morgan fingerprint density at radius 3 is 2.09 bits per heavy atom. The quantitative estimate of drug-likeness (QED) is 0.406. The van der Waals surface area contributed by atoms with Crippen LogP contribution in [0.2, 0.25) is 0 Å². The Balaban J connectivity index is 2.06. The standard InChI is InChI=1S/C15H28O8/c1-6-12(9(18)10(19)13(22-6)15(2,3)4)23-14-11(20)8(17)7(16)5-21-14/h6-14,16-20H,5H2,1-4H3/t6?,7-,8?,9?,10?,11?,12?,13-,14+/m1/s1. The number of hydrogen-bond donors (Lipinski definition) is 5. The summed E-state index contributed by atoms with van der Waals surface area (Å²) in [6.45, 7) is 7.18. The van der Waals surface area contributed by atoms with Crippen LogP contribution in [0.1, 0.15) is 27.7 Å². The fourth-order valence-electron chi connectivity index (χ4n) is 3.00. The zero-order chi connectivity index (χ0) is 17.5. The second kappa shape index (κ2) is 6.89. The highest BCUT2D eigenvalue weighted by atomic mass is 16.7. The summed E-state index contributed by atoms with van der Waals surface area (Å²) in [5.74, 6) is 0. The highest BCUT2D eigenvalue weighted by molar-refractivity contribution is 4.96. The molecule has 0 radical (unpaired) electrons. The van der Waals surface area contributed by atoms with E-state index in [0.717, 1.165) is 0 Å². The van der Waals surface area contributed by atoms with Gasteiger partial charge in [-0.1, -0.05) is 20.8 Å². The van der Waals surface area contributed by atoms with Crippen LogP contribution in [0.25, 0.3) is 0 Å². The van der Waals surface area contributed by atoms with Crippen molar-refractivity contribution in [3.8, 4) is 0 Å². The summed E-state index contributed by atoms with van der Waals surface area (Å²) in [4.78, 5) is 0. The predicted molar refractivity (Wildman–Crippen MR) is 78.4 cm³/mol. The lowest BCUT2D eigenvalue weighted by Gasteiger charge is -2.47. The summed E-state index contributed by atoms with van der Waals surface area (Å²) in [7, 11) is 0. The molecule has 6 unspecified atom stereocenters. The highest BCUT2D eigenvalue weighted by Crippen LogP contribution is 2.34. The van der Waals surface area contributed by atoms with Crippen molar-refractivity contribution < 1.29 is 39.7 Å². The number of aliphatic hydroxyl groups is 5. The van der Waals surface area contributed by atoms with E-state index in [2.05, 4.69) is 0 Å². The van der Waals surface area contributed by atoms with E-state index >= 15 is 0 Å². The van der Waals surface area contributed by atoms with Gasteiger partial charge in [0.15, 0.2) is 6.29 Å². The van der Waals surface area contributed by atoms with Crippen molar-refractivity contribution >= 4 is 0 Å². The smallest absolute Gasteiger partial charge is 0.186 e. The van der Waals surface area contributed by atoms with E-state index in [9.17, 15) is 25.5 Å². The zero-order valence-corrected chi connectivity index (χ0v) is 13.9. The number of rotatable bonds is 2. The third-order valence-electron chi connectivity index (χ3n) is 4.42. The average Bonchev–Trinajstić information content (AvgIpc) is 2.46. The van der Waals surface area contributed by atoms with Gasteiger partial charge < -0.3 is 39.7 Å². The summed E-state index contributed by atoms with van der Waals surface area (Å²) in [6, 6.07) is 0. The molecule has 0 aromatic rings. The molecule has 0 aromatic heterocycles. The van der Waals surface area contributed by atoms with Crippen molar-refractivity contribution in [1.29, 1.82) is 0 Å². The third kappa shape index (κ3) is 3.85. The fraction of sp³-hybridized carbons (Fsp3) is 1.00. The van der Waals surface area contributed by atoms with Gasteiger partial charge in [-0.25, -0.2) is 0 Å². The molecule has 0 spiro atoms. The Kier molecular flexibility index (Phi) is 5.70. The van der Waals surface area contributed by atoms with Gasteiger partial charge in [0.1, 0.15) is 36.6 Å². The molecule has 2 fully saturated rings. The van der Waals surface area contributed by atoms with E-state index in [1.807, 2.05) is 20.8 Å². The molecule has 2 aliphatic heterocycles. The Morgan fingerprint density at radius 1 is 0.913 bits per heavy atom. The first-order valence-electron chi connectivity index (χ1n) is 7.87. The summed E-state index contributed by atoms with van der Waals surface area (Å²) >= 11 is 0. The van der Waals surface area contributed by atoms with Crippen LogP contribution >= 0.6 is 0 Å². The molecule has 9 atom stereocenters. The molecule has 2 saturated heterocycles. The highest BCUT2D eigenvalue weighted by Gasteiger charge is 2.49. The second-order valence-corrected chi connectivity index (χ2v) is 7.46. The predicted octanol–water partition coefficient (Wildman–Crippen LogP) is -1.63. The minimum absolute atomic E-state index is 0.200. The van der Waals surface area contributed by atoms with Crippen molar-refractivity contribution in [1.82, 2.24) is 0 Å². The number of hydrogen-bond acceptors (Lipinski definition) is 8. The molecule has 0 aliphatic carbocycles. The van der Waals surface area contributed by atoms with Crippen LogP contribution in [0.4, 0.5) is 0 Å². The van der Waals surface area contributed by atoms with Gasteiger partial charge in [-0.2, -0.15) is 0 Å². The molecular weight excluding hydrogens is 308 g/mol. The molecule has 0 amide bonds. The van der Waals surface area contributed by atoms with Crippen molar-refractivity contribution in [2.75, 3.05) is 6.61 Å². The Hall–Kier alpha value is -0.320. The summed E-state index contributed by atoms with van der Waals surface area (Å²) in [5, 5.41) is 49.7. The van der Waals surface area contributed by atoms with Crippen LogP contribution in [0.15, 0.2) is 0 Å². The van der Waals surface area contributed by atoms with E-state index < -0.39 is 55.1 Å². The molecule has 0 bridgehead atoms. The van der Waals surface area contributed by atoms with Gasteiger partial charge in [0.05, 0.1) is 18.8 Å². The van der Waals surface area contributed by atoms with E-state index in [1.165, 1.54) is 0 Å². The van der Waals surface area contributed by atoms with Gasteiger partial charge in [-0.15, -0.1) is 0 Å². The van der Waals surface area contributed by atoms with Gasteiger partial charge in [-0.3, -0.25) is 0 Å². The Labute approximate surface area is 135 Å². The summed E-state index contributed by atoms with van der Waals surface area (Å²) in [6.07, 6.45) is -9.76. The zero-order valence-electron chi connectivity index (χ0n) is 13.9.